The van der Waals surface area contributed by atoms with Gasteiger partial charge in [0.2, 0.25) is 0 Å². The highest BCUT2D eigenvalue weighted by atomic mass is 35.5. The van der Waals surface area contributed by atoms with Crippen molar-refractivity contribution in [2.45, 2.75) is 19.9 Å². The predicted octanol–water partition coefficient (Wildman–Crippen LogP) is 4.16. The second-order valence-corrected chi connectivity index (χ2v) is 4.61. The maximum atomic E-state index is 13.7. The van der Waals surface area contributed by atoms with E-state index in [1.807, 2.05) is 6.92 Å². The van der Waals surface area contributed by atoms with E-state index in [2.05, 4.69) is 5.32 Å². The van der Waals surface area contributed by atoms with Crippen LogP contribution in [0.3, 0.4) is 0 Å². The Morgan fingerprint density at radius 2 is 2.00 bits per heavy atom. The van der Waals surface area contributed by atoms with Crippen molar-refractivity contribution in [2.75, 3.05) is 13.2 Å². The average Bonchev–Trinajstić information content (AvgIpc) is 2.37. The predicted molar refractivity (Wildman–Crippen MR) is 73.6 cm³/mol. The number of benzene rings is 1. The first-order valence-electron chi connectivity index (χ1n) is 5.84. The van der Waals surface area contributed by atoms with Crippen LogP contribution in [0.15, 0.2) is 22.7 Å². The van der Waals surface area contributed by atoms with Crippen LogP contribution in [0.1, 0.15) is 18.9 Å². The molecule has 0 aromatic heterocycles. The summed E-state index contributed by atoms with van der Waals surface area (Å²) in [6.07, 6.45) is 0.954. The minimum Gasteiger partial charge on any atom is -0.482 e. The average molecular weight is 310 g/mol. The summed E-state index contributed by atoms with van der Waals surface area (Å²) in [7, 11) is 0. The molecule has 0 radical (unpaired) electrons. The summed E-state index contributed by atoms with van der Waals surface area (Å²) in [6, 6.07) is 2.47. The van der Waals surface area contributed by atoms with Gasteiger partial charge in [0.15, 0.2) is 17.4 Å². The summed E-state index contributed by atoms with van der Waals surface area (Å²) >= 11 is 10.9. The van der Waals surface area contributed by atoms with Gasteiger partial charge < -0.3 is 10.1 Å². The van der Waals surface area contributed by atoms with E-state index in [1.54, 1.807) is 0 Å². The molecular weight excluding hydrogens is 295 g/mol. The van der Waals surface area contributed by atoms with Crippen LogP contribution in [-0.4, -0.2) is 13.2 Å². The van der Waals surface area contributed by atoms with Crippen LogP contribution in [0.2, 0.25) is 0 Å². The van der Waals surface area contributed by atoms with Crippen LogP contribution in [0.4, 0.5) is 8.78 Å². The normalized spacial score (nSPS) is 11.7. The van der Waals surface area contributed by atoms with Crippen LogP contribution in [0.5, 0.6) is 5.75 Å². The van der Waals surface area contributed by atoms with Gasteiger partial charge in [-0.3, -0.25) is 0 Å². The monoisotopic (exact) mass is 309 g/mol. The number of hydrogen-bond donors (Lipinski definition) is 1. The lowest BCUT2D eigenvalue weighted by molar-refractivity contribution is 0.317. The molecule has 0 saturated carbocycles. The van der Waals surface area contributed by atoms with E-state index in [1.165, 1.54) is 12.1 Å². The second kappa shape index (κ2) is 8.35. The molecule has 6 heteroatoms. The molecule has 0 amide bonds. The van der Waals surface area contributed by atoms with E-state index in [0.717, 1.165) is 18.5 Å². The maximum absolute atomic E-state index is 13.7. The first-order chi connectivity index (χ1) is 9.08. The molecule has 0 aliphatic carbocycles. The Morgan fingerprint density at radius 3 is 2.53 bits per heavy atom. The van der Waals surface area contributed by atoms with Crippen molar-refractivity contribution in [1.82, 2.24) is 5.32 Å². The molecule has 19 heavy (non-hydrogen) atoms. The molecule has 1 aromatic carbocycles. The Balaban J connectivity index is 2.73. The molecular formula is C13H15Cl2F2NO. The Morgan fingerprint density at radius 1 is 1.37 bits per heavy atom. The van der Waals surface area contributed by atoms with Gasteiger partial charge in [0.1, 0.15) is 6.61 Å². The summed E-state index contributed by atoms with van der Waals surface area (Å²) in [5, 5.41) is 3.22. The minimum atomic E-state index is -0.757. The van der Waals surface area contributed by atoms with Crippen molar-refractivity contribution in [3.05, 3.63) is 39.9 Å². The van der Waals surface area contributed by atoms with Crippen molar-refractivity contribution in [3.8, 4) is 5.75 Å². The third-order valence-electron chi connectivity index (χ3n) is 2.29. The number of ether oxygens (including phenoxy) is 1. The van der Waals surface area contributed by atoms with Crippen molar-refractivity contribution >= 4 is 23.2 Å². The Hall–Kier alpha value is -0.840. The quantitative estimate of drug-likeness (QED) is 0.764. The highest BCUT2D eigenvalue weighted by molar-refractivity contribution is 6.36. The van der Waals surface area contributed by atoms with Gasteiger partial charge in [-0.2, -0.15) is 0 Å². The zero-order valence-corrected chi connectivity index (χ0v) is 12.0. The molecule has 0 aliphatic heterocycles. The standard InChI is InChI=1S/C13H15Cl2F2NO/c1-2-3-18-7-9-4-11(16)13(12(17)5-9)19-8-10(15)6-14/h4-6,18H,2-3,7-8H2,1H3. The molecule has 0 fully saturated rings. The third kappa shape index (κ3) is 5.35. The fourth-order valence-electron chi connectivity index (χ4n) is 1.43. The second-order valence-electron chi connectivity index (χ2n) is 3.91. The van der Waals surface area contributed by atoms with Gasteiger partial charge in [-0.15, -0.1) is 0 Å². The van der Waals surface area contributed by atoms with E-state index in [9.17, 15) is 8.78 Å². The molecule has 0 aliphatic rings. The first kappa shape index (κ1) is 16.2. The fraction of sp³-hybridized carbons (Fsp3) is 0.385. The minimum absolute atomic E-state index is 0.161. The molecule has 2 nitrogen and oxygen atoms in total. The molecule has 1 rings (SSSR count). The number of rotatable bonds is 7. The van der Waals surface area contributed by atoms with E-state index in [0.29, 0.717) is 12.1 Å². The van der Waals surface area contributed by atoms with Gasteiger partial charge >= 0.3 is 0 Å². The molecule has 0 unspecified atom stereocenters. The lowest BCUT2D eigenvalue weighted by Gasteiger charge is -2.10. The molecule has 0 heterocycles. The van der Waals surface area contributed by atoms with E-state index < -0.39 is 17.4 Å². The van der Waals surface area contributed by atoms with Crippen molar-refractivity contribution in [1.29, 1.82) is 0 Å². The lowest BCUT2D eigenvalue weighted by Crippen LogP contribution is -2.14. The smallest absolute Gasteiger partial charge is 0.191 e. The van der Waals surface area contributed by atoms with Gasteiger partial charge in [-0.1, -0.05) is 30.1 Å². The van der Waals surface area contributed by atoms with Gasteiger partial charge in [0, 0.05) is 12.1 Å². The van der Waals surface area contributed by atoms with Crippen molar-refractivity contribution < 1.29 is 13.5 Å². The van der Waals surface area contributed by atoms with Crippen LogP contribution in [0, 0.1) is 11.6 Å². The Labute approximate surface area is 121 Å². The molecule has 1 N–H and O–H groups in total. The molecule has 0 bridgehead atoms. The summed E-state index contributed by atoms with van der Waals surface area (Å²) in [5.41, 5.74) is 1.61. The topological polar surface area (TPSA) is 21.3 Å². The van der Waals surface area contributed by atoms with E-state index in [-0.39, 0.29) is 11.6 Å². The highest BCUT2D eigenvalue weighted by Gasteiger charge is 2.13. The van der Waals surface area contributed by atoms with Crippen molar-refractivity contribution in [2.24, 2.45) is 0 Å². The molecule has 106 valence electrons. The molecule has 0 saturated heterocycles. The zero-order valence-electron chi connectivity index (χ0n) is 10.5. The number of nitrogens with one attached hydrogen (secondary N) is 1. The van der Waals surface area contributed by atoms with Gasteiger partial charge in [0.05, 0.1) is 5.03 Å². The third-order valence-corrected chi connectivity index (χ3v) is 2.88. The Kier molecular flexibility index (Phi) is 7.13. The van der Waals surface area contributed by atoms with Gasteiger partial charge in [0.25, 0.3) is 0 Å². The molecule has 0 atom stereocenters. The fourth-order valence-corrected chi connectivity index (χ4v) is 1.55. The summed E-state index contributed by atoms with van der Waals surface area (Å²) in [6.45, 7) is 3.04. The largest absolute Gasteiger partial charge is 0.482 e. The van der Waals surface area contributed by atoms with Crippen LogP contribution < -0.4 is 10.1 Å². The SMILES string of the molecule is CCCNCc1cc(F)c(OCC(Cl)=CCl)c(F)c1. The zero-order chi connectivity index (χ0) is 14.3. The molecule has 0 spiro atoms. The maximum Gasteiger partial charge on any atom is 0.191 e. The molecule has 1 aromatic rings. The van der Waals surface area contributed by atoms with E-state index >= 15 is 0 Å². The van der Waals surface area contributed by atoms with Crippen LogP contribution in [-0.2, 0) is 6.54 Å². The summed E-state index contributed by atoms with van der Waals surface area (Å²) in [4.78, 5) is 0. The lowest BCUT2D eigenvalue weighted by atomic mass is 10.2. The summed E-state index contributed by atoms with van der Waals surface area (Å²) in [5.74, 6) is -1.96. The summed E-state index contributed by atoms with van der Waals surface area (Å²) < 4.78 is 32.3. The van der Waals surface area contributed by atoms with Crippen molar-refractivity contribution in [3.63, 3.8) is 0 Å². The van der Waals surface area contributed by atoms with Crippen LogP contribution in [0.25, 0.3) is 0 Å². The first-order valence-corrected chi connectivity index (χ1v) is 6.66. The van der Waals surface area contributed by atoms with E-state index in [4.69, 9.17) is 27.9 Å². The Bertz CT molecular complexity index is 429. The number of hydrogen-bond acceptors (Lipinski definition) is 2. The number of halogens is 4. The van der Waals surface area contributed by atoms with Gasteiger partial charge in [-0.25, -0.2) is 8.78 Å². The highest BCUT2D eigenvalue weighted by Crippen LogP contribution is 2.24. The van der Waals surface area contributed by atoms with Crippen LogP contribution >= 0.6 is 23.2 Å². The van der Waals surface area contributed by atoms with Gasteiger partial charge in [-0.05, 0) is 30.7 Å².